The van der Waals surface area contributed by atoms with Crippen molar-refractivity contribution in [3.63, 3.8) is 0 Å². The van der Waals surface area contributed by atoms with Crippen molar-refractivity contribution in [2.24, 2.45) is 11.8 Å². The number of nitrogens with one attached hydrogen (secondary N) is 1. The first-order chi connectivity index (χ1) is 18.4. The highest BCUT2D eigenvalue weighted by Crippen LogP contribution is 2.30. The maximum absolute atomic E-state index is 13.2. The average molecular weight is 561 g/mol. The molecule has 1 aromatic rings. The number of amides is 3. The molecular formula is C30H45ClN4O4. The standard InChI is InChI=1S/C30H45ClN4O4/c1-20-18-33(14-15-35(20)28(37)23-8-6-7-9-23)19-24-16-25(31)17-26(21(24)2)32-27(36)22-10-12-34(13-11-22)29(38)39-30(3,4)5/h16-17,20,22-23H,6-15,18-19H2,1-5H3,(H,32,36)/t20-/m0/s1. The second-order valence-electron chi connectivity index (χ2n) is 12.6. The van der Waals surface area contributed by atoms with Gasteiger partial charge in [0.25, 0.3) is 0 Å². The van der Waals surface area contributed by atoms with E-state index >= 15 is 0 Å². The summed E-state index contributed by atoms with van der Waals surface area (Å²) in [4.78, 5) is 44.6. The first-order valence-corrected chi connectivity index (χ1v) is 14.9. The van der Waals surface area contributed by atoms with Crippen LogP contribution in [0.4, 0.5) is 10.5 Å². The Labute approximate surface area is 238 Å². The number of rotatable bonds is 5. The number of anilines is 1. The van der Waals surface area contributed by atoms with Crippen LogP contribution in [0, 0.1) is 18.8 Å². The molecule has 0 spiro atoms. The normalized spacial score (nSPS) is 21.7. The molecule has 4 rings (SSSR count). The van der Waals surface area contributed by atoms with Gasteiger partial charge in [-0.3, -0.25) is 14.5 Å². The predicted octanol–water partition coefficient (Wildman–Crippen LogP) is 5.46. The van der Waals surface area contributed by atoms with E-state index in [0.717, 1.165) is 55.8 Å². The van der Waals surface area contributed by atoms with Gasteiger partial charge in [-0.15, -0.1) is 0 Å². The second-order valence-corrected chi connectivity index (χ2v) is 13.0. The molecule has 0 unspecified atom stereocenters. The molecule has 0 aromatic heterocycles. The van der Waals surface area contributed by atoms with Gasteiger partial charge in [0.05, 0.1) is 0 Å². The van der Waals surface area contributed by atoms with Crippen molar-refractivity contribution in [2.75, 3.05) is 38.0 Å². The summed E-state index contributed by atoms with van der Waals surface area (Å²) in [7, 11) is 0. The third-order valence-corrected chi connectivity index (χ3v) is 8.57. The summed E-state index contributed by atoms with van der Waals surface area (Å²) in [6.07, 6.45) is 5.27. The number of piperazine rings is 1. The Bertz CT molecular complexity index is 1060. The zero-order chi connectivity index (χ0) is 28.3. The molecule has 2 saturated heterocycles. The largest absolute Gasteiger partial charge is 0.444 e. The Balaban J connectivity index is 1.32. The number of nitrogens with zero attached hydrogens (tertiary/aromatic N) is 3. The maximum Gasteiger partial charge on any atom is 0.410 e. The Kier molecular flexibility index (Phi) is 9.48. The van der Waals surface area contributed by atoms with Crippen LogP contribution >= 0.6 is 11.6 Å². The molecule has 1 aromatic carbocycles. The molecule has 8 nitrogen and oxygen atoms in total. The highest BCUT2D eigenvalue weighted by Gasteiger charge is 2.34. The van der Waals surface area contributed by atoms with Crippen LogP contribution in [0.15, 0.2) is 12.1 Å². The monoisotopic (exact) mass is 560 g/mol. The topological polar surface area (TPSA) is 82.2 Å². The summed E-state index contributed by atoms with van der Waals surface area (Å²) in [6.45, 7) is 13.8. The molecule has 3 fully saturated rings. The fourth-order valence-electron chi connectivity index (χ4n) is 6.07. The molecule has 3 aliphatic rings. The summed E-state index contributed by atoms with van der Waals surface area (Å²) >= 11 is 6.50. The molecule has 1 saturated carbocycles. The molecule has 3 amide bonds. The van der Waals surface area contributed by atoms with E-state index in [0.29, 0.717) is 36.9 Å². The number of likely N-dealkylation sites (tertiary alicyclic amines) is 1. The van der Waals surface area contributed by atoms with Crippen LogP contribution in [0.3, 0.4) is 0 Å². The highest BCUT2D eigenvalue weighted by atomic mass is 35.5. The minimum Gasteiger partial charge on any atom is -0.444 e. The highest BCUT2D eigenvalue weighted by molar-refractivity contribution is 6.31. The third kappa shape index (κ3) is 7.66. The van der Waals surface area contributed by atoms with Crippen molar-refractivity contribution in [3.8, 4) is 0 Å². The third-order valence-electron chi connectivity index (χ3n) is 8.35. The fraction of sp³-hybridized carbons (Fsp3) is 0.700. The van der Waals surface area contributed by atoms with Gasteiger partial charge in [0, 0.05) is 67.9 Å². The van der Waals surface area contributed by atoms with Crippen molar-refractivity contribution >= 4 is 35.2 Å². The van der Waals surface area contributed by atoms with Crippen molar-refractivity contribution in [2.45, 2.75) is 91.3 Å². The van der Waals surface area contributed by atoms with Gasteiger partial charge >= 0.3 is 6.09 Å². The van der Waals surface area contributed by atoms with Gasteiger partial charge in [0.15, 0.2) is 0 Å². The van der Waals surface area contributed by atoms with Crippen LogP contribution in [0.1, 0.15) is 77.3 Å². The van der Waals surface area contributed by atoms with E-state index in [1.165, 1.54) is 12.8 Å². The van der Waals surface area contributed by atoms with Crippen LogP contribution in [-0.2, 0) is 20.9 Å². The first-order valence-electron chi connectivity index (χ1n) is 14.5. The maximum atomic E-state index is 13.2. The second kappa shape index (κ2) is 12.5. The fourth-order valence-corrected chi connectivity index (χ4v) is 6.31. The van der Waals surface area contributed by atoms with Gasteiger partial charge in [-0.25, -0.2) is 4.79 Å². The molecule has 1 atom stereocenters. The number of carbonyl (C=O) groups is 3. The molecule has 2 heterocycles. The van der Waals surface area contributed by atoms with Crippen molar-refractivity contribution in [1.29, 1.82) is 0 Å². The molecular weight excluding hydrogens is 516 g/mol. The van der Waals surface area contributed by atoms with Crippen molar-refractivity contribution in [1.82, 2.24) is 14.7 Å². The van der Waals surface area contributed by atoms with Crippen LogP contribution in [-0.4, -0.2) is 77.0 Å². The minimum absolute atomic E-state index is 0.0391. The summed E-state index contributed by atoms with van der Waals surface area (Å²) in [6, 6.07) is 3.97. The number of hydrogen-bond donors (Lipinski definition) is 1. The lowest BCUT2D eigenvalue weighted by molar-refractivity contribution is -0.140. The quantitative estimate of drug-likeness (QED) is 0.517. The Morgan fingerprint density at radius 1 is 1.00 bits per heavy atom. The summed E-state index contributed by atoms with van der Waals surface area (Å²) in [5.41, 5.74) is 2.29. The smallest absolute Gasteiger partial charge is 0.410 e. The summed E-state index contributed by atoms with van der Waals surface area (Å²) < 4.78 is 5.47. The van der Waals surface area contributed by atoms with Crippen LogP contribution < -0.4 is 5.32 Å². The van der Waals surface area contributed by atoms with Gasteiger partial charge in [0.2, 0.25) is 11.8 Å². The lowest BCUT2D eigenvalue weighted by Crippen LogP contribution is -2.54. The average Bonchev–Trinajstić information content (AvgIpc) is 3.41. The molecule has 9 heteroatoms. The molecule has 0 bridgehead atoms. The van der Waals surface area contributed by atoms with E-state index in [2.05, 4.69) is 22.0 Å². The molecule has 1 aliphatic carbocycles. The number of halogens is 1. The molecule has 0 radical (unpaired) electrons. The van der Waals surface area contributed by atoms with E-state index in [4.69, 9.17) is 16.3 Å². The Morgan fingerprint density at radius 2 is 1.67 bits per heavy atom. The van der Waals surface area contributed by atoms with Crippen molar-refractivity contribution < 1.29 is 19.1 Å². The Morgan fingerprint density at radius 3 is 2.28 bits per heavy atom. The SMILES string of the molecule is Cc1c(CN2CCN(C(=O)C3CCCC3)[C@@H](C)C2)cc(Cl)cc1NC(=O)C1CCN(C(=O)OC(C)(C)C)CC1. The Hall–Kier alpha value is -2.32. The molecule has 2 aliphatic heterocycles. The van der Waals surface area contributed by atoms with Gasteiger partial charge in [-0.1, -0.05) is 24.4 Å². The summed E-state index contributed by atoms with van der Waals surface area (Å²) in [5, 5.41) is 3.70. The molecule has 39 heavy (non-hydrogen) atoms. The van der Waals surface area contributed by atoms with E-state index in [-0.39, 0.29) is 29.9 Å². The van der Waals surface area contributed by atoms with E-state index < -0.39 is 5.60 Å². The van der Waals surface area contributed by atoms with Gasteiger partial charge in [0.1, 0.15) is 5.60 Å². The number of benzene rings is 1. The van der Waals surface area contributed by atoms with Gasteiger partial charge < -0.3 is 19.9 Å². The zero-order valence-corrected chi connectivity index (χ0v) is 25.0. The summed E-state index contributed by atoms with van der Waals surface area (Å²) in [5.74, 6) is 0.338. The molecule has 216 valence electrons. The lowest BCUT2D eigenvalue weighted by Gasteiger charge is -2.41. The van der Waals surface area contributed by atoms with E-state index in [1.807, 2.05) is 39.8 Å². The van der Waals surface area contributed by atoms with Crippen LogP contribution in [0.2, 0.25) is 5.02 Å². The van der Waals surface area contributed by atoms with E-state index in [1.54, 1.807) is 4.90 Å². The van der Waals surface area contributed by atoms with Gasteiger partial charge in [-0.05, 0) is 83.6 Å². The number of piperidine rings is 1. The van der Waals surface area contributed by atoms with Gasteiger partial charge in [-0.2, -0.15) is 0 Å². The van der Waals surface area contributed by atoms with Crippen molar-refractivity contribution in [3.05, 3.63) is 28.3 Å². The first kappa shape index (κ1) is 29.7. The lowest BCUT2D eigenvalue weighted by atomic mass is 9.95. The number of ether oxygens (including phenoxy) is 1. The van der Waals surface area contributed by atoms with Crippen LogP contribution in [0.25, 0.3) is 0 Å². The number of hydrogen-bond acceptors (Lipinski definition) is 5. The zero-order valence-electron chi connectivity index (χ0n) is 24.2. The van der Waals surface area contributed by atoms with Crippen LogP contribution in [0.5, 0.6) is 0 Å². The molecule has 1 N–H and O–H groups in total. The predicted molar refractivity (Wildman–Crippen MR) is 154 cm³/mol. The van der Waals surface area contributed by atoms with E-state index in [9.17, 15) is 14.4 Å². The number of carbonyl (C=O) groups excluding carboxylic acids is 3. The minimum atomic E-state index is -0.536.